The van der Waals surface area contributed by atoms with Gasteiger partial charge in [-0.05, 0) is 24.3 Å². The molecule has 4 aromatic rings. The van der Waals surface area contributed by atoms with Crippen molar-refractivity contribution < 1.29 is 14.8 Å². The number of nitro benzene ring substituents is 1. The second-order valence-electron chi connectivity index (χ2n) is 6.93. The van der Waals surface area contributed by atoms with Crippen molar-refractivity contribution in [3.63, 3.8) is 0 Å². The number of aromatic nitrogens is 3. The third-order valence-electron chi connectivity index (χ3n) is 4.62. The van der Waals surface area contributed by atoms with Crippen LogP contribution in [0.2, 0.25) is 0 Å². The Kier molecular flexibility index (Phi) is 6.94. The number of aromatic hydroxyl groups is 1. The maximum atomic E-state index is 12.3. The summed E-state index contributed by atoms with van der Waals surface area (Å²) in [6, 6.07) is 22.0. The van der Waals surface area contributed by atoms with Gasteiger partial charge in [-0.2, -0.15) is 5.10 Å². The normalized spacial score (nSPS) is 10.9. The number of hydrogen-bond donors (Lipinski definition) is 2. The Bertz CT molecular complexity index is 1360. The molecule has 2 N–H and O–H groups in total. The third-order valence-corrected chi connectivity index (χ3v) is 5.55. The van der Waals surface area contributed by atoms with Crippen LogP contribution >= 0.6 is 11.8 Å². The summed E-state index contributed by atoms with van der Waals surface area (Å²) in [5.74, 6) is 0.0870. The Balaban J connectivity index is 1.54. The molecule has 0 aliphatic carbocycles. The van der Waals surface area contributed by atoms with E-state index in [0.29, 0.717) is 22.1 Å². The number of phenols is 1. The fourth-order valence-corrected chi connectivity index (χ4v) is 3.80. The van der Waals surface area contributed by atoms with Crippen molar-refractivity contribution in [2.24, 2.45) is 5.10 Å². The minimum atomic E-state index is -0.470. The van der Waals surface area contributed by atoms with Crippen LogP contribution in [0.25, 0.3) is 17.1 Å². The molecule has 0 radical (unpaired) electrons. The fraction of sp³-hybridized carbons (Fsp3) is 0.0435. The van der Waals surface area contributed by atoms with Crippen molar-refractivity contribution >= 4 is 29.6 Å². The summed E-state index contributed by atoms with van der Waals surface area (Å²) in [6.45, 7) is 0. The topological polar surface area (TPSA) is 136 Å². The van der Waals surface area contributed by atoms with Crippen molar-refractivity contribution in [2.75, 3.05) is 5.75 Å². The largest absolute Gasteiger partial charge is 0.507 e. The van der Waals surface area contributed by atoms with E-state index in [2.05, 4.69) is 20.7 Å². The quantitative estimate of drug-likeness (QED) is 0.172. The van der Waals surface area contributed by atoms with E-state index in [1.165, 1.54) is 24.4 Å². The van der Waals surface area contributed by atoms with Crippen LogP contribution in [-0.4, -0.2) is 42.7 Å². The molecule has 1 aromatic heterocycles. The Morgan fingerprint density at radius 1 is 1.09 bits per heavy atom. The Labute approximate surface area is 198 Å². The maximum Gasteiger partial charge on any atom is 0.270 e. The lowest BCUT2D eigenvalue weighted by molar-refractivity contribution is -0.384. The Morgan fingerprint density at radius 3 is 2.62 bits per heavy atom. The minimum Gasteiger partial charge on any atom is -0.507 e. The zero-order chi connectivity index (χ0) is 23.9. The number of nitrogens with zero attached hydrogens (tertiary/aromatic N) is 5. The molecule has 3 aromatic carbocycles. The third kappa shape index (κ3) is 5.27. The number of benzene rings is 3. The SMILES string of the molecule is O=C(CSc1nnc(-c2cccc([N+](=O)[O-])c2)n1-c1ccccc1)N/N=C/c1ccccc1O. The molecule has 0 atom stereocenters. The van der Waals surface area contributed by atoms with E-state index in [1.807, 2.05) is 30.3 Å². The highest BCUT2D eigenvalue weighted by Gasteiger charge is 2.19. The van der Waals surface area contributed by atoms with Gasteiger partial charge in [-0.3, -0.25) is 19.5 Å². The summed E-state index contributed by atoms with van der Waals surface area (Å²) in [7, 11) is 0. The van der Waals surface area contributed by atoms with Gasteiger partial charge in [-0.1, -0.05) is 54.2 Å². The van der Waals surface area contributed by atoms with Gasteiger partial charge in [-0.15, -0.1) is 10.2 Å². The van der Waals surface area contributed by atoms with E-state index in [9.17, 15) is 20.0 Å². The average Bonchev–Trinajstić information content (AvgIpc) is 3.28. The molecule has 0 fully saturated rings. The lowest BCUT2D eigenvalue weighted by Gasteiger charge is -2.10. The molecule has 0 bridgehead atoms. The second kappa shape index (κ2) is 10.4. The summed E-state index contributed by atoms with van der Waals surface area (Å²) in [5.41, 5.74) is 4.09. The van der Waals surface area contributed by atoms with Gasteiger partial charge in [0.15, 0.2) is 11.0 Å². The minimum absolute atomic E-state index is 0.00197. The summed E-state index contributed by atoms with van der Waals surface area (Å²) < 4.78 is 1.74. The zero-order valence-electron chi connectivity index (χ0n) is 17.6. The number of amides is 1. The molecule has 11 heteroatoms. The van der Waals surface area contributed by atoms with Crippen molar-refractivity contribution in [1.29, 1.82) is 0 Å². The number of nitrogens with one attached hydrogen (secondary N) is 1. The summed E-state index contributed by atoms with van der Waals surface area (Å²) in [4.78, 5) is 23.0. The van der Waals surface area contributed by atoms with Crippen LogP contribution in [0.1, 0.15) is 5.56 Å². The number of carbonyl (C=O) groups excluding carboxylic acids is 1. The number of para-hydroxylation sites is 2. The molecule has 0 spiro atoms. The van der Waals surface area contributed by atoms with E-state index < -0.39 is 4.92 Å². The van der Waals surface area contributed by atoms with Crippen molar-refractivity contribution in [2.45, 2.75) is 5.16 Å². The first kappa shape index (κ1) is 22.7. The van der Waals surface area contributed by atoms with E-state index in [1.54, 1.807) is 34.9 Å². The number of hydrogen-bond acceptors (Lipinski definition) is 8. The molecule has 0 aliphatic heterocycles. The first-order valence-electron chi connectivity index (χ1n) is 10.0. The first-order chi connectivity index (χ1) is 16.5. The van der Waals surface area contributed by atoms with Gasteiger partial charge in [0.05, 0.1) is 16.9 Å². The molecule has 0 saturated carbocycles. The fourth-order valence-electron chi connectivity index (χ4n) is 3.05. The number of thioether (sulfide) groups is 1. The molecule has 170 valence electrons. The second-order valence-corrected chi connectivity index (χ2v) is 7.87. The Hall–Kier alpha value is -4.51. The van der Waals surface area contributed by atoms with Gasteiger partial charge in [-0.25, -0.2) is 5.43 Å². The van der Waals surface area contributed by atoms with E-state index >= 15 is 0 Å². The lowest BCUT2D eigenvalue weighted by Crippen LogP contribution is -2.20. The van der Waals surface area contributed by atoms with Gasteiger partial charge in [0.2, 0.25) is 0 Å². The zero-order valence-corrected chi connectivity index (χ0v) is 18.4. The van der Waals surface area contributed by atoms with Crippen molar-refractivity contribution in [3.8, 4) is 22.8 Å². The van der Waals surface area contributed by atoms with Gasteiger partial charge in [0, 0.05) is 28.9 Å². The average molecular weight is 475 g/mol. The van der Waals surface area contributed by atoms with Crippen molar-refractivity contribution in [3.05, 3.63) is 94.5 Å². The number of phenolic OH excluding ortho intramolecular Hbond substituents is 1. The molecule has 34 heavy (non-hydrogen) atoms. The van der Waals surface area contributed by atoms with Gasteiger partial charge in [0.1, 0.15) is 5.75 Å². The molecular formula is C23H18N6O4S. The van der Waals surface area contributed by atoms with Crippen LogP contribution in [0.5, 0.6) is 5.75 Å². The van der Waals surface area contributed by atoms with Gasteiger partial charge in [0.25, 0.3) is 11.6 Å². The molecule has 10 nitrogen and oxygen atoms in total. The molecule has 0 aliphatic rings. The van der Waals surface area contributed by atoms with Crippen molar-refractivity contribution in [1.82, 2.24) is 20.2 Å². The number of hydrazone groups is 1. The standard InChI is InChI=1S/C23H18N6O4S/c30-20-12-5-4-7-17(20)14-24-25-21(31)15-34-23-27-26-22(28(23)18-9-2-1-3-10-18)16-8-6-11-19(13-16)29(32)33/h1-14,30H,15H2,(H,25,31)/b24-14+. The van der Waals surface area contributed by atoms with Gasteiger partial charge >= 0.3 is 0 Å². The monoisotopic (exact) mass is 474 g/mol. The molecule has 0 saturated heterocycles. The molecule has 1 heterocycles. The number of non-ortho nitro benzene ring substituents is 1. The number of carbonyl (C=O) groups is 1. The van der Waals surface area contributed by atoms with E-state index in [0.717, 1.165) is 17.4 Å². The van der Waals surface area contributed by atoms with E-state index in [-0.39, 0.29) is 23.1 Å². The molecule has 0 unspecified atom stereocenters. The highest BCUT2D eigenvalue weighted by atomic mass is 32.2. The summed E-state index contributed by atoms with van der Waals surface area (Å²) >= 11 is 1.15. The van der Waals surface area contributed by atoms with Crippen LogP contribution in [0, 0.1) is 10.1 Å². The van der Waals surface area contributed by atoms with E-state index in [4.69, 9.17) is 0 Å². The van der Waals surface area contributed by atoms with Crippen LogP contribution in [0.15, 0.2) is 89.1 Å². The molecule has 4 rings (SSSR count). The molecule has 1 amide bonds. The van der Waals surface area contributed by atoms with Crippen LogP contribution < -0.4 is 5.43 Å². The predicted octanol–water partition coefficient (Wildman–Crippen LogP) is 3.79. The Morgan fingerprint density at radius 2 is 1.85 bits per heavy atom. The lowest BCUT2D eigenvalue weighted by atomic mass is 10.2. The summed E-state index contributed by atoms with van der Waals surface area (Å²) in [5, 5.41) is 33.7. The van der Waals surface area contributed by atoms with Crippen LogP contribution in [0.4, 0.5) is 5.69 Å². The smallest absolute Gasteiger partial charge is 0.270 e. The van der Waals surface area contributed by atoms with Gasteiger partial charge < -0.3 is 5.11 Å². The number of rotatable bonds is 8. The van der Waals surface area contributed by atoms with Crippen LogP contribution in [0.3, 0.4) is 0 Å². The van der Waals surface area contributed by atoms with Crippen LogP contribution in [-0.2, 0) is 4.79 Å². The molecular weight excluding hydrogens is 456 g/mol. The highest BCUT2D eigenvalue weighted by molar-refractivity contribution is 7.99. The maximum absolute atomic E-state index is 12.3. The number of nitro groups is 1. The highest BCUT2D eigenvalue weighted by Crippen LogP contribution is 2.29. The predicted molar refractivity (Wildman–Crippen MR) is 128 cm³/mol. The summed E-state index contributed by atoms with van der Waals surface area (Å²) in [6.07, 6.45) is 1.35. The first-order valence-corrected chi connectivity index (χ1v) is 11.0.